The third-order valence-electron chi connectivity index (χ3n) is 5.04. The molecule has 0 bridgehead atoms. The van der Waals surface area contributed by atoms with Gasteiger partial charge in [0, 0.05) is 12.0 Å². The maximum absolute atomic E-state index is 14.7. The summed E-state index contributed by atoms with van der Waals surface area (Å²) in [7, 11) is 0. The fourth-order valence-electron chi connectivity index (χ4n) is 3.29. The number of amides is 1. The number of carbonyl (C=O) groups is 2. The molecule has 0 radical (unpaired) electrons. The number of aliphatic carboxylic acids is 1. The van der Waals surface area contributed by atoms with Gasteiger partial charge in [0.25, 0.3) is 5.91 Å². The molecule has 0 aliphatic heterocycles. The van der Waals surface area contributed by atoms with Crippen molar-refractivity contribution in [2.24, 2.45) is 5.73 Å². The maximum Gasteiger partial charge on any atom is 0.416 e. The van der Waals surface area contributed by atoms with Crippen molar-refractivity contribution in [1.82, 2.24) is 4.98 Å². The predicted octanol–water partition coefficient (Wildman–Crippen LogP) is 6.27. The van der Waals surface area contributed by atoms with Crippen LogP contribution in [0.4, 0.5) is 22.0 Å². The standard InChI is InChI=1S/C23H18BrF5N2O5/c24-20-19(11-5-7-12(8-6-11)23(27,28)29)31-22(36-20)15(3-1-2-4-16(32)33)35-14-10-9-13(25)17(18(14)26)21(30)34/h5-10,15H,1-4H2,(H2,30,34)(H,32,33). The number of primary amides is 1. The van der Waals surface area contributed by atoms with Crippen molar-refractivity contribution in [2.75, 3.05) is 0 Å². The summed E-state index contributed by atoms with van der Waals surface area (Å²) in [5.41, 5.74) is 3.59. The first-order valence-corrected chi connectivity index (χ1v) is 11.2. The zero-order chi connectivity index (χ0) is 26.6. The van der Waals surface area contributed by atoms with E-state index in [1.807, 2.05) is 0 Å². The van der Waals surface area contributed by atoms with E-state index in [1.165, 1.54) is 12.1 Å². The molecule has 3 aromatic rings. The van der Waals surface area contributed by atoms with Crippen LogP contribution in [0.3, 0.4) is 0 Å². The van der Waals surface area contributed by atoms with Crippen LogP contribution < -0.4 is 10.5 Å². The van der Waals surface area contributed by atoms with E-state index in [0.717, 1.165) is 24.3 Å². The van der Waals surface area contributed by atoms with Crippen molar-refractivity contribution in [3.05, 3.63) is 69.7 Å². The molecule has 1 heterocycles. The number of aromatic nitrogens is 1. The number of halogens is 6. The van der Waals surface area contributed by atoms with Crippen LogP contribution >= 0.6 is 15.9 Å². The van der Waals surface area contributed by atoms with Gasteiger partial charge in [-0.15, -0.1) is 0 Å². The van der Waals surface area contributed by atoms with Gasteiger partial charge in [-0.25, -0.2) is 13.8 Å². The smallest absolute Gasteiger partial charge is 0.416 e. The molecule has 1 unspecified atom stereocenters. The summed E-state index contributed by atoms with van der Waals surface area (Å²) in [6.07, 6.45) is -5.20. The number of nitrogens with two attached hydrogens (primary N) is 1. The van der Waals surface area contributed by atoms with Gasteiger partial charge in [0.15, 0.2) is 22.3 Å². The van der Waals surface area contributed by atoms with Gasteiger partial charge in [0.1, 0.15) is 17.1 Å². The summed E-state index contributed by atoms with van der Waals surface area (Å²) >= 11 is 3.15. The van der Waals surface area contributed by atoms with Gasteiger partial charge in [0.05, 0.1) is 5.56 Å². The Morgan fingerprint density at radius 1 is 1.11 bits per heavy atom. The normalized spacial score (nSPS) is 12.4. The lowest BCUT2D eigenvalue weighted by Crippen LogP contribution is -2.17. The van der Waals surface area contributed by atoms with Crippen molar-refractivity contribution < 1.29 is 45.8 Å². The van der Waals surface area contributed by atoms with E-state index < -0.39 is 52.7 Å². The second-order valence-electron chi connectivity index (χ2n) is 7.59. The Labute approximate surface area is 209 Å². The van der Waals surface area contributed by atoms with E-state index in [0.29, 0.717) is 0 Å². The molecule has 0 aliphatic carbocycles. The number of rotatable bonds is 10. The molecular weight excluding hydrogens is 559 g/mol. The highest BCUT2D eigenvalue weighted by atomic mass is 79.9. The number of nitrogens with zero attached hydrogens (tertiary/aromatic N) is 1. The second-order valence-corrected chi connectivity index (χ2v) is 8.31. The summed E-state index contributed by atoms with van der Waals surface area (Å²) in [6, 6.07) is 5.85. The average Bonchev–Trinajstić information content (AvgIpc) is 3.18. The van der Waals surface area contributed by atoms with Gasteiger partial charge in [-0.3, -0.25) is 9.59 Å². The number of carbonyl (C=O) groups excluding carboxylic acids is 1. The number of hydrogen-bond donors (Lipinski definition) is 2. The molecule has 36 heavy (non-hydrogen) atoms. The predicted molar refractivity (Wildman–Crippen MR) is 119 cm³/mol. The van der Waals surface area contributed by atoms with Crippen LogP contribution in [0.2, 0.25) is 0 Å². The highest BCUT2D eigenvalue weighted by Gasteiger charge is 2.31. The lowest BCUT2D eigenvalue weighted by atomic mass is 10.1. The molecule has 7 nitrogen and oxygen atoms in total. The molecule has 13 heteroatoms. The quantitative estimate of drug-likeness (QED) is 0.217. The van der Waals surface area contributed by atoms with E-state index in [-0.39, 0.29) is 47.5 Å². The molecule has 1 aromatic heterocycles. The monoisotopic (exact) mass is 576 g/mol. The molecule has 192 valence electrons. The third kappa shape index (κ3) is 6.39. The number of unbranched alkanes of at least 4 members (excludes halogenated alkanes) is 1. The van der Waals surface area contributed by atoms with Crippen LogP contribution in [0, 0.1) is 11.6 Å². The largest absolute Gasteiger partial charge is 0.481 e. The summed E-state index contributed by atoms with van der Waals surface area (Å²) in [4.78, 5) is 26.5. The third-order valence-corrected chi connectivity index (χ3v) is 5.58. The minimum absolute atomic E-state index is 0.0498. The second kappa shape index (κ2) is 11.1. The number of ether oxygens (including phenoxy) is 1. The highest BCUT2D eigenvalue weighted by molar-refractivity contribution is 9.10. The maximum atomic E-state index is 14.7. The fraction of sp³-hybridized carbons (Fsp3) is 0.261. The first-order chi connectivity index (χ1) is 16.9. The molecule has 0 aliphatic rings. The number of hydrogen-bond acceptors (Lipinski definition) is 5. The number of carboxylic acid groups (broad SMARTS) is 1. The van der Waals surface area contributed by atoms with E-state index >= 15 is 0 Å². The zero-order valence-electron chi connectivity index (χ0n) is 18.2. The molecule has 0 fully saturated rings. The number of oxazole rings is 1. The fourth-order valence-corrected chi connectivity index (χ4v) is 3.78. The Bertz CT molecular complexity index is 1260. The van der Waals surface area contributed by atoms with Crippen LogP contribution in [-0.4, -0.2) is 22.0 Å². The number of carboxylic acids is 1. The lowest BCUT2D eigenvalue weighted by molar-refractivity contribution is -0.138. The molecule has 0 spiro atoms. The molecule has 1 atom stereocenters. The molecule has 2 aromatic carbocycles. The Morgan fingerprint density at radius 3 is 2.36 bits per heavy atom. The number of alkyl halides is 3. The van der Waals surface area contributed by atoms with Gasteiger partial charge >= 0.3 is 12.1 Å². The van der Waals surface area contributed by atoms with Crippen LogP contribution in [0.1, 0.15) is 53.6 Å². The van der Waals surface area contributed by atoms with Gasteiger partial charge in [-0.2, -0.15) is 13.2 Å². The van der Waals surface area contributed by atoms with Crippen molar-refractivity contribution >= 4 is 27.8 Å². The number of benzene rings is 2. The van der Waals surface area contributed by atoms with Gasteiger partial charge in [-0.05, 0) is 59.5 Å². The van der Waals surface area contributed by atoms with Crippen molar-refractivity contribution in [3.63, 3.8) is 0 Å². The van der Waals surface area contributed by atoms with E-state index in [9.17, 15) is 31.5 Å². The molecule has 0 saturated carbocycles. The molecular formula is C23H18BrF5N2O5. The Kier molecular flexibility index (Phi) is 8.33. The van der Waals surface area contributed by atoms with Crippen molar-refractivity contribution in [2.45, 2.75) is 38.0 Å². The molecule has 0 saturated heterocycles. The SMILES string of the molecule is NC(=O)c1c(F)ccc(OC(CCCCC(=O)O)c2nc(-c3ccc(C(F)(F)F)cc3)c(Br)o2)c1F. The Morgan fingerprint density at radius 2 is 1.78 bits per heavy atom. The molecule has 3 N–H and O–H groups in total. The minimum atomic E-state index is -4.53. The van der Waals surface area contributed by atoms with Gasteiger partial charge < -0.3 is 20.0 Å². The lowest BCUT2D eigenvalue weighted by Gasteiger charge is -2.17. The topological polar surface area (TPSA) is 116 Å². The molecule has 3 rings (SSSR count). The minimum Gasteiger partial charge on any atom is -0.481 e. The van der Waals surface area contributed by atoms with Crippen molar-refractivity contribution in [1.29, 1.82) is 0 Å². The van der Waals surface area contributed by atoms with Crippen LogP contribution in [0.15, 0.2) is 45.5 Å². The highest BCUT2D eigenvalue weighted by Crippen LogP contribution is 2.37. The summed E-state index contributed by atoms with van der Waals surface area (Å²) in [5.74, 6) is -5.54. The molecule has 1 amide bonds. The summed E-state index contributed by atoms with van der Waals surface area (Å²) in [6.45, 7) is 0. The van der Waals surface area contributed by atoms with Gasteiger partial charge in [0.2, 0.25) is 5.89 Å². The summed E-state index contributed by atoms with van der Waals surface area (Å²) in [5, 5.41) is 8.84. The van der Waals surface area contributed by atoms with E-state index in [2.05, 4.69) is 20.9 Å². The first-order valence-electron chi connectivity index (χ1n) is 10.4. The Balaban J connectivity index is 1.94. The average molecular weight is 577 g/mol. The first kappa shape index (κ1) is 27.1. The van der Waals surface area contributed by atoms with Gasteiger partial charge in [-0.1, -0.05) is 12.1 Å². The Hall–Kier alpha value is -3.48. The van der Waals surface area contributed by atoms with Crippen LogP contribution in [0.25, 0.3) is 11.3 Å². The van der Waals surface area contributed by atoms with E-state index in [4.69, 9.17) is 20.0 Å². The van der Waals surface area contributed by atoms with E-state index in [1.54, 1.807) is 0 Å². The van der Waals surface area contributed by atoms with Crippen LogP contribution in [0.5, 0.6) is 5.75 Å². The van der Waals surface area contributed by atoms with Crippen LogP contribution in [-0.2, 0) is 11.0 Å². The summed E-state index contributed by atoms with van der Waals surface area (Å²) < 4.78 is 78.5. The van der Waals surface area contributed by atoms with Crippen molar-refractivity contribution in [3.8, 4) is 17.0 Å². The zero-order valence-corrected chi connectivity index (χ0v) is 19.8.